The van der Waals surface area contributed by atoms with E-state index in [2.05, 4.69) is 48.5 Å². The predicted molar refractivity (Wildman–Crippen MR) is 302 cm³/mol. The third kappa shape index (κ3) is 22.1. The molecule has 0 bridgehead atoms. The monoisotopic (exact) mass is 1160 g/mol. The first-order valence-corrected chi connectivity index (χ1v) is 30.9. The number of benzene rings is 4. The lowest BCUT2D eigenvalue weighted by molar-refractivity contribution is 0.00708. The number of hydrogen-bond donors (Lipinski definition) is 0. The Kier molecular flexibility index (Phi) is 29.1. The van der Waals surface area contributed by atoms with Gasteiger partial charge in [-0.3, -0.25) is 0 Å². The number of rotatable bonds is 7. The number of ether oxygens (including phenoxy) is 20. The molecule has 4 aromatic carbocycles. The van der Waals surface area contributed by atoms with Gasteiger partial charge >= 0.3 is 0 Å². The van der Waals surface area contributed by atoms with E-state index in [0.717, 1.165) is 33.5 Å². The molecule has 4 aliphatic heterocycles. The van der Waals surface area contributed by atoms with Crippen LogP contribution >= 0.6 is 15.8 Å². The molecule has 20 nitrogen and oxygen atoms in total. The molecule has 8 rings (SSSR count). The van der Waals surface area contributed by atoms with Gasteiger partial charge in [-0.2, -0.15) is 0 Å². The summed E-state index contributed by atoms with van der Waals surface area (Å²) in [6.07, 6.45) is 1.47. The Morgan fingerprint density at radius 3 is 0.512 bits per heavy atom. The van der Waals surface area contributed by atoms with Crippen LogP contribution < -0.4 is 59.1 Å². The maximum atomic E-state index is 6.50. The van der Waals surface area contributed by atoms with E-state index in [-0.39, 0.29) is 0 Å². The minimum absolute atomic E-state index is 0.316. The van der Waals surface area contributed by atoms with E-state index in [4.69, 9.17) is 94.7 Å². The van der Waals surface area contributed by atoms with Crippen molar-refractivity contribution in [2.45, 2.75) is 0 Å². The minimum atomic E-state index is -1.16. The first-order chi connectivity index (χ1) is 39.8. The van der Waals surface area contributed by atoms with Crippen LogP contribution in [0.1, 0.15) is 0 Å². The maximum Gasteiger partial charge on any atom is 0.161 e. The summed E-state index contributed by atoms with van der Waals surface area (Å²) in [5.41, 5.74) is 0. The molecule has 22 heteroatoms. The van der Waals surface area contributed by atoms with E-state index >= 15 is 0 Å². The van der Waals surface area contributed by atoms with Gasteiger partial charge in [0, 0.05) is 0 Å². The van der Waals surface area contributed by atoms with Crippen LogP contribution in [0.3, 0.4) is 0 Å². The summed E-state index contributed by atoms with van der Waals surface area (Å²) in [5.74, 6) is 4.92. The third-order valence-electron chi connectivity index (χ3n) is 12.4. The fourth-order valence-corrected chi connectivity index (χ4v) is 13.8. The van der Waals surface area contributed by atoms with Crippen LogP contribution in [-0.2, 0) is 56.8 Å². The van der Waals surface area contributed by atoms with Crippen LogP contribution in [0.5, 0.6) is 46.0 Å². The Labute approximate surface area is 472 Å². The van der Waals surface area contributed by atoms with E-state index in [0.29, 0.717) is 257 Å². The molecule has 0 unspecified atom stereocenters. The zero-order valence-corrected chi connectivity index (χ0v) is 47.8. The summed E-state index contributed by atoms with van der Waals surface area (Å²) in [4.78, 5) is 0. The van der Waals surface area contributed by atoms with E-state index in [1.807, 2.05) is 24.3 Å². The van der Waals surface area contributed by atoms with Crippen LogP contribution in [0.15, 0.2) is 72.8 Å². The second-order valence-electron chi connectivity index (χ2n) is 18.0. The molecule has 0 amide bonds. The summed E-state index contributed by atoms with van der Waals surface area (Å²) in [6, 6.07) is 25.0. The van der Waals surface area contributed by atoms with Crippen molar-refractivity contribution in [3.63, 3.8) is 0 Å². The highest BCUT2D eigenvalue weighted by Gasteiger charge is 2.25. The molecule has 0 N–H and O–H groups in total. The lowest BCUT2D eigenvalue weighted by Gasteiger charge is -2.26. The molecule has 0 radical (unpaired) electrons. The third-order valence-corrected chi connectivity index (χ3v) is 17.7. The summed E-state index contributed by atoms with van der Waals surface area (Å²) >= 11 is 0. The van der Waals surface area contributed by atoms with Crippen molar-refractivity contribution < 1.29 is 94.7 Å². The topological polar surface area (TPSA) is 185 Å². The van der Waals surface area contributed by atoms with E-state index in [1.165, 1.54) is 0 Å². The van der Waals surface area contributed by atoms with E-state index in [1.54, 1.807) is 0 Å². The van der Waals surface area contributed by atoms with Crippen LogP contribution in [0, 0.1) is 0 Å². The molecule has 0 spiro atoms. The highest BCUT2D eigenvalue weighted by atomic mass is 31.1. The van der Waals surface area contributed by atoms with Crippen molar-refractivity contribution in [3.8, 4) is 46.0 Å². The van der Waals surface area contributed by atoms with Crippen molar-refractivity contribution in [3.05, 3.63) is 72.8 Å². The van der Waals surface area contributed by atoms with Crippen LogP contribution in [-0.4, -0.2) is 224 Å². The van der Waals surface area contributed by atoms with Crippen molar-refractivity contribution >= 4 is 37.1 Å². The molecular formula is C58H80O20P2. The largest absolute Gasteiger partial charge is 0.487 e. The minimum Gasteiger partial charge on any atom is -0.487 e. The Morgan fingerprint density at radius 1 is 0.188 bits per heavy atom. The SMILES string of the molecule is c1cc2c(cc1P(CCP(c1ccc3c(c1)OCCOCCOCCOCCO3)c1ccc3c(c1)OCCOCCOCCOCCO3)c1ccc3c(c1)OCCOCCOCCOCCO3)OCCOCCOCCOCCO2. The normalized spacial score (nSPS) is 19.7. The number of hydrogen-bond acceptors (Lipinski definition) is 20. The van der Waals surface area contributed by atoms with Gasteiger partial charge in [0.05, 0.1) is 159 Å². The first kappa shape index (κ1) is 61.7. The quantitative estimate of drug-likeness (QED) is 0.235. The zero-order valence-electron chi connectivity index (χ0n) is 46.0. The maximum absolute atomic E-state index is 6.50. The van der Waals surface area contributed by atoms with Gasteiger partial charge in [-0.05, 0) is 97.9 Å². The fourth-order valence-electron chi connectivity index (χ4n) is 8.45. The van der Waals surface area contributed by atoms with Gasteiger partial charge in [0.2, 0.25) is 0 Å². The fraction of sp³-hybridized carbons (Fsp3) is 0.586. The first-order valence-electron chi connectivity index (χ1n) is 27.8. The molecule has 0 saturated heterocycles. The highest BCUT2D eigenvalue weighted by Crippen LogP contribution is 2.46. The van der Waals surface area contributed by atoms with Crippen molar-refractivity contribution in [2.24, 2.45) is 0 Å². The molecular weight excluding hydrogens is 1080 g/mol. The Hall–Kier alpha value is -4.34. The summed E-state index contributed by atoms with van der Waals surface area (Å²) in [5, 5.41) is 4.29. The predicted octanol–water partition coefficient (Wildman–Crippen LogP) is 4.54. The highest BCUT2D eigenvalue weighted by molar-refractivity contribution is 7.76. The summed E-state index contributed by atoms with van der Waals surface area (Å²) < 4.78 is 121. The molecule has 0 aliphatic carbocycles. The molecule has 0 aromatic heterocycles. The van der Waals surface area contributed by atoms with Gasteiger partial charge < -0.3 is 94.7 Å². The Balaban J connectivity index is 1.17. The van der Waals surface area contributed by atoms with E-state index in [9.17, 15) is 0 Å². The molecule has 442 valence electrons. The van der Waals surface area contributed by atoms with Gasteiger partial charge in [0.15, 0.2) is 46.0 Å². The molecule has 0 saturated carbocycles. The van der Waals surface area contributed by atoms with E-state index < -0.39 is 15.8 Å². The number of fused-ring (bicyclic) bond motifs is 4. The lowest BCUT2D eigenvalue weighted by atomic mass is 10.3. The van der Waals surface area contributed by atoms with Gasteiger partial charge in [0.1, 0.15) is 52.9 Å². The molecule has 4 aliphatic rings. The molecule has 0 atom stereocenters. The molecule has 4 heterocycles. The molecule has 80 heavy (non-hydrogen) atoms. The zero-order chi connectivity index (χ0) is 54.8. The van der Waals surface area contributed by atoms with Crippen molar-refractivity contribution in [1.29, 1.82) is 0 Å². The molecule has 0 fully saturated rings. The van der Waals surface area contributed by atoms with Crippen LogP contribution in [0.4, 0.5) is 0 Å². The summed E-state index contributed by atoms with van der Waals surface area (Å²) in [6.45, 7) is 13.2. The van der Waals surface area contributed by atoms with Crippen molar-refractivity contribution in [1.82, 2.24) is 0 Å². The molecule has 4 aromatic rings. The van der Waals surface area contributed by atoms with Gasteiger partial charge in [-0.15, -0.1) is 0 Å². The van der Waals surface area contributed by atoms with Crippen LogP contribution in [0.2, 0.25) is 0 Å². The van der Waals surface area contributed by atoms with Crippen LogP contribution in [0.25, 0.3) is 0 Å². The summed E-state index contributed by atoms with van der Waals surface area (Å²) in [7, 11) is -2.31. The van der Waals surface area contributed by atoms with Gasteiger partial charge in [0.25, 0.3) is 0 Å². The average molecular weight is 1160 g/mol. The second-order valence-corrected chi connectivity index (χ2v) is 22.6. The smallest absolute Gasteiger partial charge is 0.161 e. The Morgan fingerprint density at radius 2 is 0.338 bits per heavy atom. The lowest BCUT2D eigenvalue weighted by Crippen LogP contribution is -2.22. The van der Waals surface area contributed by atoms with Crippen molar-refractivity contribution in [2.75, 3.05) is 224 Å². The van der Waals surface area contributed by atoms with Gasteiger partial charge in [-0.25, -0.2) is 0 Å². The average Bonchev–Trinajstić information content (AvgIpc) is 3.52. The van der Waals surface area contributed by atoms with Gasteiger partial charge in [-0.1, -0.05) is 24.3 Å². The standard InChI is InChI=1S/C58H80O20P2/c1-5-51-55(75-37-29-67-21-13-59-9-17-63-25-33-71-51)43-47(1)79(48-2-6-52-56(44-48)76-38-30-68-22-14-60-10-18-64-26-34-72-52)41-42-80(49-3-7-53-57(45-49)77-39-31-69-23-15-61-11-19-65-27-35-73-53)50-4-8-54-58(46-50)78-40-32-70-24-16-62-12-20-66-28-36-74-54/h1-8,43-46H,9-42H2. The second kappa shape index (κ2) is 37.7. The Bertz CT molecular complexity index is 2020.